The molecular formula is C34H39ClO4. The van der Waals surface area contributed by atoms with Gasteiger partial charge in [-0.15, -0.1) is 0 Å². The van der Waals surface area contributed by atoms with Crippen molar-refractivity contribution in [1.29, 1.82) is 0 Å². The standard InChI is InChI=1S/C34H39ClO4/c1-2-3-4-5-6-7-8-9-10-11-26-38-31-21-17-29(18-22-31)34(37)39-32-23-15-28(16-24-32)33(36)25-14-27-12-19-30(35)20-13-27/h12-25H,2-11,26H2,1H3/b25-14+. The predicted molar refractivity (Wildman–Crippen MR) is 160 cm³/mol. The van der Waals surface area contributed by atoms with Gasteiger partial charge >= 0.3 is 5.97 Å². The van der Waals surface area contributed by atoms with E-state index in [-0.39, 0.29) is 5.78 Å². The molecule has 0 aliphatic rings. The van der Waals surface area contributed by atoms with Crippen molar-refractivity contribution in [1.82, 2.24) is 0 Å². The van der Waals surface area contributed by atoms with Crippen LogP contribution >= 0.6 is 11.6 Å². The maximum absolute atomic E-state index is 12.5. The summed E-state index contributed by atoms with van der Waals surface area (Å²) in [6.07, 6.45) is 16.1. The molecule has 0 saturated carbocycles. The molecule has 0 atom stereocenters. The Kier molecular flexibility index (Phi) is 13.4. The van der Waals surface area contributed by atoms with Crippen LogP contribution in [-0.2, 0) is 0 Å². The Morgan fingerprint density at radius 1 is 0.667 bits per heavy atom. The molecule has 0 aromatic heterocycles. The highest BCUT2D eigenvalue weighted by Crippen LogP contribution is 2.18. The van der Waals surface area contributed by atoms with E-state index in [2.05, 4.69) is 6.92 Å². The molecule has 4 nitrogen and oxygen atoms in total. The molecule has 0 amide bonds. The zero-order valence-electron chi connectivity index (χ0n) is 22.9. The summed E-state index contributed by atoms with van der Waals surface area (Å²) in [7, 11) is 0. The summed E-state index contributed by atoms with van der Waals surface area (Å²) in [5, 5.41) is 0.646. The molecule has 39 heavy (non-hydrogen) atoms. The van der Waals surface area contributed by atoms with E-state index in [0.29, 0.717) is 28.5 Å². The first-order chi connectivity index (χ1) is 19.0. The van der Waals surface area contributed by atoms with Crippen LogP contribution in [0.1, 0.15) is 97.4 Å². The van der Waals surface area contributed by atoms with Crippen molar-refractivity contribution in [2.75, 3.05) is 6.61 Å². The van der Waals surface area contributed by atoms with Gasteiger partial charge in [-0.2, -0.15) is 0 Å². The molecule has 0 radical (unpaired) electrons. The Morgan fingerprint density at radius 2 is 1.21 bits per heavy atom. The molecule has 0 unspecified atom stereocenters. The Labute approximate surface area is 238 Å². The summed E-state index contributed by atoms with van der Waals surface area (Å²) in [6.45, 7) is 2.93. The largest absolute Gasteiger partial charge is 0.494 e. The van der Waals surface area contributed by atoms with Crippen LogP contribution in [0.2, 0.25) is 5.02 Å². The number of halogens is 1. The fourth-order valence-electron chi connectivity index (χ4n) is 4.16. The topological polar surface area (TPSA) is 52.6 Å². The smallest absolute Gasteiger partial charge is 0.343 e. The third-order valence-electron chi connectivity index (χ3n) is 6.50. The van der Waals surface area contributed by atoms with Crippen LogP contribution in [0.5, 0.6) is 11.5 Å². The summed E-state index contributed by atoms with van der Waals surface area (Å²) in [5.74, 6) is 0.519. The van der Waals surface area contributed by atoms with E-state index in [9.17, 15) is 9.59 Å². The van der Waals surface area contributed by atoms with Crippen molar-refractivity contribution >= 4 is 29.4 Å². The van der Waals surface area contributed by atoms with Crippen molar-refractivity contribution in [2.45, 2.75) is 71.1 Å². The molecule has 3 aromatic carbocycles. The number of rotatable bonds is 17. The van der Waals surface area contributed by atoms with Gasteiger partial charge in [0.1, 0.15) is 11.5 Å². The van der Waals surface area contributed by atoms with Crippen molar-refractivity contribution in [3.05, 3.63) is 101 Å². The molecule has 0 heterocycles. The van der Waals surface area contributed by atoms with Gasteiger partial charge < -0.3 is 9.47 Å². The number of carbonyl (C=O) groups is 2. The van der Waals surface area contributed by atoms with E-state index in [1.165, 1.54) is 63.9 Å². The number of allylic oxidation sites excluding steroid dienone is 1. The number of benzene rings is 3. The van der Waals surface area contributed by atoms with Gasteiger partial charge in [0.15, 0.2) is 5.78 Å². The maximum atomic E-state index is 12.5. The lowest BCUT2D eigenvalue weighted by molar-refractivity contribution is 0.0734. The molecule has 0 aliphatic heterocycles. The van der Waals surface area contributed by atoms with Crippen LogP contribution in [0, 0.1) is 0 Å². The van der Waals surface area contributed by atoms with Gasteiger partial charge in [0, 0.05) is 10.6 Å². The summed E-state index contributed by atoms with van der Waals surface area (Å²) in [4.78, 5) is 25.0. The Bertz CT molecular complexity index is 1170. The van der Waals surface area contributed by atoms with E-state index in [1.807, 2.05) is 12.1 Å². The molecule has 0 saturated heterocycles. The number of ketones is 1. The minimum atomic E-state index is -0.460. The predicted octanol–water partition coefficient (Wildman–Crippen LogP) is 9.75. The van der Waals surface area contributed by atoms with Crippen LogP contribution in [0.3, 0.4) is 0 Å². The number of carbonyl (C=O) groups excluding carboxylic acids is 2. The monoisotopic (exact) mass is 546 g/mol. The normalized spacial score (nSPS) is 11.0. The van der Waals surface area contributed by atoms with Gasteiger partial charge in [0.25, 0.3) is 0 Å². The molecule has 0 bridgehead atoms. The zero-order valence-corrected chi connectivity index (χ0v) is 23.6. The average Bonchev–Trinajstić information content (AvgIpc) is 2.96. The first-order valence-electron chi connectivity index (χ1n) is 14.1. The average molecular weight is 547 g/mol. The zero-order chi connectivity index (χ0) is 27.7. The number of esters is 1. The lowest BCUT2D eigenvalue weighted by Crippen LogP contribution is -2.08. The second kappa shape index (κ2) is 17.3. The maximum Gasteiger partial charge on any atom is 0.343 e. The van der Waals surface area contributed by atoms with E-state index < -0.39 is 5.97 Å². The van der Waals surface area contributed by atoms with Crippen LogP contribution in [0.25, 0.3) is 6.08 Å². The second-order valence-corrected chi connectivity index (χ2v) is 10.2. The lowest BCUT2D eigenvalue weighted by Gasteiger charge is -2.08. The Hall–Kier alpha value is -3.37. The second-order valence-electron chi connectivity index (χ2n) is 9.72. The van der Waals surface area contributed by atoms with Crippen molar-refractivity contribution < 1.29 is 19.1 Å². The van der Waals surface area contributed by atoms with E-state index in [1.54, 1.807) is 66.7 Å². The van der Waals surface area contributed by atoms with Crippen molar-refractivity contribution in [3.63, 3.8) is 0 Å². The fraction of sp³-hybridized carbons (Fsp3) is 0.353. The molecule has 0 N–H and O–H groups in total. The highest BCUT2D eigenvalue weighted by atomic mass is 35.5. The van der Waals surface area contributed by atoms with Crippen LogP contribution in [0.4, 0.5) is 0 Å². The van der Waals surface area contributed by atoms with Crippen LogP contribution < -0.4 is 9.47 Å². The highest BCUT2D eigenvalue weighted by Gasteiger charge is 2.10. The molecule has 0 aliphatic carbocycles. The van der Waals surface area contributed by atoms with Gasteiger partial charge in [0.2, 0.25) is 0 Å². The minimum absolute atomic E-state index is 0.142. The molecular weight excluding hydrogens is 508 g/mol. The Balaban J connectivity index is 1.35. The summed E-state index contributed by atoms with van der Waals surface area (Å²) >= 11 is 5.89. The minimum Gasteiger partial charge on any atom is -0.494 e. The van der Waals surface area contributed by atoms with Crippen molar-refractivity contribution in [3.8, 4) is 11.5 Å². The molecule has 0 spiro atoms. The number of hydrogen-bond donors (Lipinski definition) is 0. The number of unbranched alkanes of at least 4 members (excludes halogenated alkanes) is 9. The first-order valence-corrected chi connectivity index (χ1v) is 14.5. The summed E-state index contributed by atoms with van der Waals surface area (Å²) < 4.78 is 11.3. The quantitative estimate of drug-likeness (QED) is 0.0555. The lowest BCUT2D eigenvalue weighted by atomic mass is 10.1. The SMILES string of the molecule is CCCCCCCCCCCCOc1ccc(C(=O)Oc2ccc(C(=O)/C=C/c3ccc(Cl)cc3)cc2)cc1. The first kappa shape index (κ1) is 30.2. The third-order valence-corrected chi connectivity index (χ3v) is 6.76. The third kappa shape index (κ3) is 11.5. The molecule has 3 rings (SSSR count). The molecule has 3 aromatic rings. The van der Waals surface area contributed by atoms with Crippen molar-refractivity contribution in [2.24, 2.45) is 0 Å². The number of ether oxygens (including phenoxy) is 2. The van der Waals surface area contributed by atoms with E-state index in [4.69, 9.17) is 21.1 Å². The summed E-state index contributed by atoms with van der Waals surface area (Å²) in [6, 6.07) is 20.7. The fourth-order valence-corrected chi connectivity index (χ4v) is 4.29. The van der Waals surface area contributed by atoms with Gasteiger partial charge in [-0.25, -0.2) is 4.79 Å². The summed E-state index contributed by atoms with van der Waals surface area (Å²) in [5.41, 5.74) is 1.82. The number of hydrogen-bond acceptors (Lipinski definition) is 4. The van der Waals surface area contributed by atoms with Crippen LogP contribution in [0.15, 0.2) is 78.9 Å². The molecule has 0 fully saturated rings. The molecule has 206 valence electrons. The van der Waals surface area contributed by atoms with Gasteiger partial charge in [-0.3, -0.25) is 4.79 Å². The Morgan fingerprint density at radius 3 is 1.82 bits per heavy atom. The van der Waals surface area contributed by atoms with Gasteiger partial charge in [-0.05, 0) is 78.7 Å². The highest BCUT2D eigenvalue weighted by molar-refractivity contribution is 6.30. The van der Waals surface area contributed by atoms with Crippen LogP contribution in [-0.4, -0.2) is 18.4 Å². The van der Waals surface area contributed by atoms with E-state index >= 15 is 0 Å². The van der Waals surface area contributed by atoms with Gasteiger partial charge in [-0.1, -0.05) is 94.5 Å². The van der Waals surface area contributed by atoms with Gasteiger partial charge in [0.05, 0.1) is 12.2 Å². The van der Waals surface area contributed by atoms with E-state index in [0.717, 1.165) is 17.7 Å². The molecule has 5 heteroatoms.